The highest BCUT2D eigenvalue weighted by Crippen LogP contribution is 2.33. The number of benzene rings is 3. The van der Waals surface area contributed by atoms with Crippen LogP contribution in [0.25, 0.3) is 11.3 Å². The van der Waals surface area contributed by atoms with Crippen LogP contribution >= 0.6 is 23.1 Å². The molecular weight excluding hydrogens is 518 g/mol. The second kappa shape index (κ2) is 12.6. The van der Waals surface area contributed by atoms with E-state index in [0.29, 0.717) is 34.3 Å². The van der Waals surface area contributed by atoms with Crippen LogP contribution in [0.15, 0.2) is 77.7 Å². The van der Waals surface area contributed by atoms with Crippen molar-refractivity contribution < 1.29 is 19.1 Å². The van der Waals surface area contributed by atoms with Gasteiger partial charge in [0.15, 0.2) is 16.6 Å². The van der Waals surface area contributed by atoms with E-state index in [0.717, 1.165) is 21.0 Å². The minimum absolute atomic E-state index is 0.106. The zero-order chi connectivity index (χ0) is 27.1. The van der Waals surface area contributed by atoms with E-state index >= 15 is 0 Å². The van der Waals surface area contributed by atoms with E-state index in [-0.39, 0.29) is 17.1 Å². The first kappa shape index (κ1) is 27.2. The lowest BCUT2D eigenvalue weighted by atomic mass is 10.1. The molecule has 2 amide bonds. The highest BCUT2D eigenvalue weighted by molar-refractivity contribution is 8.00. The van der Waals surface area contributed by atoms with Crippen LogP contribution in [0.2, 0.25) is 0 Å². The van der Waals surface area contributed by atoms with Gasteiger partial charge in [0.05, 0.1) is 25.2 Å². The van der Waals surface area contributed by atoms with Crippen molar-refractivity contribution in [3.8, 4) is 22.8 Å². The van der Waals surface area contributed by atoms with E-state index in [1.807, 2.05) is 68.4 Å². The number of anilines is 2. The van der Waals surface area contributed by atoms with Crippen molar-refractivity contribution in [1.29, 1.82) is 0 Å². The van der Waals surface area contributed by atoms with Gasteiger partial charge in [0.25, 0.3) is 5.91 Å². The Morgan fingerprint density at radius 2 is 1.71 bits per heavy atom. The van der Waals surface area contributed by atoms with Gasteiger partial charge in [0.1, 0.15) is 0 Å². The van der Waals surface area contributed by atoms with Crippen LogP contribution in [0.1, 0.15) is 28.6 Å². The van der Waals surface area contributed by atoms with Crippen LogP contribution in [0.4, 0.5) is 10.8 Å². The van der Waals surface area contributed by atoms with E-state index in [4.69, 9.17) is 9.47 Å². The Bertz CT molecular complexity index is 1420. The molecule has 0 spiro atoms. The predicted molar refractivity (Wildman–Crippen MR) is 155 cm³/mol. The standard InChI is InChI=1S/C29H29N3O4S2/c1-5-25(28(34)32-29-31-26(18(2)37-29)19-10-7-6-8-11-19)38-22-13-9-12-21(17-22)30-27(33)20-14-15-23(35-3)24(16-20)36-4/h6-17,25H,5H2,1-4H3,(H,30,33)(H,31,32,34). The first-order chi connectivity index (χ1) is 18.4. The number of thiazole rings is 1. The molecular formula is C29H29N3O4S2. The molecule has 4 aromatic rings. The Morgan fingerprint density at radius 1 is 0.947 bits per heavy atom. The Morgan fingerprint density at radius 3 is 2.42 bits per heavy atom. The van der Waals surface area contributed by atoms with Crippen LogP contribution in [-0.2, 0) is 4.79 Å². The molecule has 0 aliphatic rings. The van der Waals surface area contributed by atoms with Crippen molar-refractivity contribution in [2.75, 3.05) is 24.9 Å². The summed E-state index contributed by atoms with van der Waals surface area (Å²) in [7, 11) is 3.07. The zero-order valence-corrected chi connectivity index (χ0v) is 23.2. The number of thioether (sulfide) groups is 1. The average molecular weight is 548 g/mol. The lowest BCUT2D eigenvalue weighted by Crippen LogP contribution is -2.24. The summed E-state index contributed by atoms with van der Waals surface area (Å²) < 4.78 is 10.5. The minimum Gasteiger partial charge on any atom is -0.493 e. The van der Waals surface area contributed by atoms with Crippen molar-refractivity contribution in [1.82, 2.24) is 4.98 Å². The SMILES string of the molecule is CCC(Sc1cccc(NC(=O)c2ccc(OC)c(OC)c2)c1)C(=O)Nc1nc(-c2ccccc2)c(C)s1. The van der Waals surface area contributed by atoms with Crippen molar-refractivity contribution in [2.24, 2.45) is 0 Å². The highest BCUT2D eigenvalue weighted by Gasteiger charge is 2.21. The summed E-state index contributed by atoms with van der Waals surface area (Å²) >= 11 is 2.92. The molecule has 38 heavy (non-hydrogen) atoms. The minimum atomic E-state index is -0.323. The molecule has 2 N–H and O–H groups in total. The van der Waals surface area contributed by atoms with Crippen molar-refractivity contribution in [2.45, 2.75) is 30.4 Å². The fraction of sp³-hybridized carbons (Fsp3) is 0.207. The second-order valence-electron chi connectivity index (χ2n) is 8.35. The largest absolute Gasteiger partial charge is 0.493 e. The highest BCUT2D eigenvalue weighted by atomic mass is 32.2. The van der Waals surface area contributed by atoms with Gasteiger partial charge in [-0.25, -0.2) is 4.98 Å². The van der Waals surface area contributed by atoms with Crippen molar-refractivity contribution in [3.05, 3.63) is 83.2 Å². The molecule has 0 aliphatic heterocycles. The van der Waals surface area contributed by atoms with Crippen LogP contribution in [0.5, 0.6) is 11.5 Å². The topological polar surface area (TPSA) is 89.5 Å². The molecule has 1 heterocycles. The number of aromatic nitrogens is 1. The number of nitrogens with one attached hydrogen (secondary N) is 2. The smallest absolute Gasteiger partial charge is 0.255 e. The van der Waals surface area contributed by atoms with E-state index in [2.05, 4.69) is 15.6 Å². The maximum absolute atomic E-state index is 13.1. The van der Waals surface area contributed by atoms with Gasteiger partial charge in [-0.05, 0) is 49.7 Å². The van der Waals surface area contributed by atoms with Crippen molar-refractivity contribution in [3.63, 3.8) is 0 Å². The Kier molecular flexibility index (Phi) is 9.04. The Hall–Kier alpha value is -3.82. The summed E-state index contributed by atoms with van der Waals surface area (Å²) in [5.74, 6) is 0.653. The van der Waals surface area contributed by atoms with Crippen LogP contribution in [0, 0.1) is 6.92 Å². The molecule has 0 saturated heterocycles. The molecule has 3 aromatic carbocycles. The van der Waals surface area contributed by atoms with Crippen LogP contribution < -0.4 is 20.1 Å². The average Bonchev–Trinajstić information content (AvgIpc) is 3.31. The summed E-state index contributed by atoms with van der Waals surface area (Å²) in [6.07, 6.45) is 0.634. The monoisotopic (exact) mass is 547 g/mol. The molecule has 0 radical (unpaired) electrons. The fourth-order valence-electron chi connectivity index (χ4n) is 3.81. The van der Waals surface area contributed by atoms with Gasteiger partial charge in [-0.15, -0.1) is 23.1 Å². The van der Waals surface area contributed by atoms with Gasteiger partial charge in [-0.2, -0.15) is 0 Å². The molecule has 0 bridgehead atoms. The Labute approximate surface area is 230 Å². The van der Waals surface area contributed by atoms with E-state index in [9.17, 15) is 9.59 Å². The fourth-order valence-corrected chi connectivity index (χ4v) is 5.67. The van der Waals surface area contributed by atoms with Gasteiger partial charge < -0.3 is 20.1 Å². The zero-order valence-electron chi connectivity index (χ0n) is 21.6. The molecule has 9 heteroatoms. The number of amides is 2. The van der Waals surface area contributed by atoms with Gasteiger partial charge in [0, 0.05) is 26.6 Å². The van der Waals surface area contributed by atoms with E-state index in [1.54, 1.807) is 25.3 Å². The summed E-state index contributed by atoms with van der Waals surface area (Å²) in [4.78, 5) is 32.5. The van der Waals surface area contributed by atoms with Gasteiger partial charge in [-0.1, -0.05) is 43.3 Å². The number of hydrogen-bond donors (Lipinski definition) is 2. The maximum Gasteiger partial charge on any atom is 0.255 e. The molecule has 0 saturated carbocycles. The molecule has 196 valence electrons. The Balaban J connectivity index is 1.42. The van der Waals surface area contributed by atoms with Crippen LogP contribution in [-0.4, -0.2) is 36.3 Å². The second-order valence-corrected chi connectivity index (χ2v) is 10.8. The third kappa shape index (κ3) is 6.54. The van der Waals surface area contributed by atoms with E-state index in [1.165, 1.54) is 30.2 Å². The lowest BCUT2D eigenvalue weighted by molar-refractivity contribution is -0.115. The molecule has 4 rings (SSSR count). The van der Waals surface area contributed by atoms with Crippen molar-refractivity contribution >= 4 is 45.7 Å². The first-order valence-corrected chi connectivity index (χ1v) is 13.7. The molecule has 1 unspecified atom stereocenters. The summed E-state index contributed by atoms with van der Waals surface area (Å²) in [5, 5.41) is 6.16. The normalized spacial score (nSPS) is 11.5. The number of methoxy groups -OCH3 is 2. The van der Waals surface area contributed by atoms with Gasteiger partial charge >= 0.3 is 0 Å². The number of nitrogens with zero attached hydrogens (tertiary/aromatic N) is 1. The number of aryl methyl sites for hydroxylation is 1. The number of ether oxygens (including phenoxy) is 2. The lowest BCUT2D eigenvalue weighted by Gasteiger charge is -2.14. The molecule has 7 nitrogen and oxygen atoms in total. The molecule has 1 atom stereocenters. The number of rotatable bonds is 10. The quantitative estimate of drug-likeness (QED) is 0.210. The molecule has 0 aliphatic carbocycles. The number of carbonyl (C=O) groups excluding carboxylic acids is 2. The number of carbonyl (C=O) groups is 2. The summed E-state index contributed by atoms with van der Waals surface area (Å²) in [5.41, 5.74) is 2.98. The first-order valence-electron chi connectivity index (χ1n) is 12.1. The summed E-state index contributed by atoms with van der Waals surface area (Å²) in [6.45, 7) is 3.98. The van der Waals surface area contributed by atoms with E-state index < -0.39 is 0 Å². The molecule has 0 fully saturated rings. The third-order valence-electron chi connectivity index (χ3n) is 5.75. The third-order valence-corrected chi connectivity index (χ3v) is 8.00. The summed E-state index contributed by atoms with van der Waals surface area (Å²) in [6, 6.07) is 22.4. The van der Waals surface area contributed by atoms with Gasteiger partial charge in [0.2, 0.25) is 5.91 Å². The maximum atomic E-state index is 13.1. The number of hydrogen-bond acceptors (Lipinski definition) is 7. The predicted octanol–water partition coefficient (Wildman–Crippen LogP) is 6.90. The molecule has 1 aromatic heterocycles. The van der Waals surface area contributed by atoms with Crippen LogP contribution in [0.3, 0.4) is 0 Å². The van der Waals surface area contributed by atoms with Gasteiger partial charge in [-0.3, -0.25) is 9.59 Å².